The van der Waals surface area contributed by atoms with Crippen LogP contribution in [0.25, 0.3) is 0 Å². The lowest BCUT2D eigenvalue weighted by Gasteiger charge is -2.20. The lowest BCUT2D eigenvalue weighted by Crippen LogP contribution is -2.24. The van der Waals surface area contributed by atoms with Crippen molar-refractivity contribution in [1.29, 1.82) is 0 Å². The van der Waals surface area contributed by atoms with E-state index in [4.69, 9.17) is 0 Å². The fraction of sp³-hybridized carbons (Fsp3) is 0.200. The molecule has 0 aliphatic heterocycles. The third-order valence-corrected chi connectivity index (χ3v) is 3.17. The monoisotopic (exact) mass is 238 g/mol. The quantitative estimate of drug-likeness (QED) is 0.724. The van der Waals surface area contributed by atoms with Gasteiger partial charge in [-0.15, -0.1) is 0 Å². The second-order valence-electron chi connectivity index (χ2n) is 4.12. The van der Waals surface area contributed by atoms with Crippen molar-refractivity contribution in [3.05, 3.63) is 71.8 Å². The van der Waals surface area contributed by atoms with E-state index in [1.807, 2.05) is 0 Å². The Morgan fingerprint density at radius 2 is 1.12 bits per heavy atom. The molecule has 0 heterocycles. The van der Waals surface area contributed by atoms with E-state index in [0.29, 0.717) is 0 Å². The second-order valence-corrected chi connectivity index (χ2v) is 4.43. The van der Waals surface area contributed by atoms with E-state index < -0.39 is 0 Å². The van der Waals surface area contributed by atoms with Gasteiger partial charge in [0.05, 0.1) is 0 Å². The number of rotatable bonds is 5. The molecule has 0 aliphatic carbocycles. The summed E-state index contributed by atoms with van der Waals surface area (Å²) in [5.41, 5.74) is 2.70. The predicted octanol–water partition coefficient (Wildman–Crippen LogP) is 2.81. The maximum Gasteiger partial charge on any atom is 0.0432 e. The maximum atomic E-state index is 3.61. The van der Waals surface area contributed by atoms with Crippen molar-refractivity contribution in [3.63, 3.8) is 0 Å². The molecule has 0 bridgehead atoms. The van der Waals surface area contributed by atoms with E-state index >= 15 is 0 Å². The molecule has 2 heteroatoms. The van der Waals surface area contributed by atoms with Gasteiger partial charge in [-0.25, -0.2) is 0 Å². The molecule has 0 saturated carbocycles. The Morgan fingerprint density at radius 1 is 0.706 bits per heavy atom. The lowest BCUT2D eigenvalue weighted by molar-refractivity contribution is 0.301. The molecule has 2 aromatic carbocycles. The van der Waals surface area contributed by atoms with Crippen LogP contribution >= 0.6 is 0 Å². The van der Waals surface area contributed by atoms with Crippen LogP contribution in [0.15, 0.2) is 60.7 Å². The van der Waals surface area contributed by atoms with E-state index in [9.17, 15) is 0 Å². The molecule has 17 heavy (non-hydrogen) atoms. The fourth-order valence-corrected chi connectivity index (χ4v) is 2.07. The summed E-state index contributed by atoms with van der Waals surface area (Å²) in [4.78, 5) is 2.36. The van der Waals surface area contributed by atoms with Crippen LogP contribution in [0.5, 0.6) is 0 Å². The van der Waals surface area contributed by atoms with E-state index in [2.05, 4.69) is 75.8 Å². The average molecular weight is 238 g/mol. The van der Waals surface area contributed by atoms with Crippen molar-refractivity contribution in [2.75, 3.05) is 6.17 Å². The van der Waals surface area contributed by atoms with Crippen LogP contribution in [0.4, 0.5) is 0 Å². The van der Waals surface area contributed by atoms with Gasteiger partial charge in [-0.2, -0.15) is 0 Å². The van der Waals surface area contributed by atoms with Gasteiger partial charge in [-0.1, -0.05) is 60.7 Å². The number of hydrogen-bond donors (Lipinski definition) is 0. The third kappa shape index (κ3) is 3.84. The largest absolute Gasteiger partial charge is 0.298 e. The van der Waals surface area contributed by atoms with Gasteiger partial charge in [-0.05, 0) is 17.3 Å². The normalized spacial score (nSPS) is 10.7. The van der Waals surface area contributed by atoms with Crippen LogP contribution in [0.1, 0.15) is 11.1 Å². The lowest BCUT2D eigenvalue weighted by atomic mass is 10.2. The molecule has 0 atom stereocenters. The summed E-state index contributed by atoms with van der Waals surface area (Å²) in [5.74, 6) is 0. The van der Waals surface area contributed by atoms with Crippen LogP contribution in [0.3, 0.4) is 0 Å². The molecular weight excluding hydrogens is 222 g/mol. The summed E-state index contributed by atoms with van der Waals surface area (Å²) in [6.07, 6.45) is 0.879. The van der Waals surface area contributed by atoms with Crippen LogP contribution in [-0.2, 0) is 13.1 Å². The second kappa shape index (κ2) is 6.38. The van der Waals surface area contributed by atoms with Crippen molar-refractivity contribution in [3.8, 4) is 0 Å². The standard InChI is InChI=1S/C15H16NSi/c17-13-16(11-14-7-3-1-4-8-14)12-15-9-5-2-6-10-15/h1-10H,11-13H2. The molecule has 3 radical (unpaired) electrons. The number of benzene rings is 2. The minimum atomic E-state index is 0.879. The van der Waals surface area contributed by atoms with Crippen molar-refractivity contribution in [2.24, 2.45) is 0 Å². The Labute approximate surface area is 107 Å². The van der Waals surface area contributed by atoms with Crippen molar-refractivity contribution < 1.29 is 0 Å². The first kappa shape index (κ1) is 12.1. The SMILES string of the molecule is [Si]CN(Cc1ccccc1)Cc1ccccc1. The van der Waals surface area contributed by atoms with Crippen molar-refractivity contribution in [2.45, 2.75) is 13.1 Å². The van der Waals surface area contributed by atoms with Gasteiger partial charge in [0.2, 0.25) is 0 Å². The fourth-order valence-electron chi connectivity index (χ4n) is 1.85. The molecule has 0 N–H and O–H groups in total. The van der Waals surface area contributed by atoms with Crippen molar-refractivity contribution in [1.82, 2.24) is 4.90 Å². The molecular formula is C15H16NSi. The zero-order valence-corrected chi connectivity index (χ0v) is 10.8. The van der Waals surface area contributed by atoms with E-state index in [1.165, 1.54) is 11.1 Å². The van der Waals surface area contributed by atoms with Crippen molar-refractivity contribution >= 4 is 10.2 Å². The van der Waals surface area contributed by atoms with Gasteiger partial charge in [0, 0.05) is 23.3 Å². The molecule has 0 aliphatic rings. The molecule has 0 aromatic heterocycles. The zero-order valence-electron chi connectivity index (χ0n) is 9.84. The van der Waals surface area contributed by atoms with Gasteiger partial charge in [0.15, 0.2) is 0 Å². The Morgan fingerprint density at radius 3 is 1.47 bits per heavy atom. The minimum absolute atomic E-state index is 0.879. The summed E-state index contributed by atoms with van der Waals surface area (Å²) in [6.45, 7) is 1.94. The first-order valence-corrected chi connectivity index (χ1v) is 6.54. The Balaban J connectivity index is 1.98. The molecule has 0 fully saturated rings. The van der Waals surface area contributed by atoms with Crippen LogP contribution in [0.2, 0.25) is 0 Å². The third-order valence-electron chi connectivity index (χ3n) is 2.72. The predicted molar refractivity (Wildman–Crippen MR) is 72.8 cm³/mol. The highest BCUT2D eigenvalue weighted by molar-refractivity contribution is 6.08. The Kier molecular flexibility index (Phi) is 4.53. The maximum absolute atomic E-state index is 3.61. The molecule has 0 amide bonds. The topological polar surface area (TPSA) is 3.24 Å². The first-order chi connectivity index (χ1) is 8.38. The Hall–Kier alpha value is -1.38. The molecule has 2 aromatic rings. The van der Waals surface area contributed by atoms with Gasteiger partial charge in [-0.3, -0.25) is 4.90 Å². The molecule has 0 unspecified atom stereocenters. The first-order valence-electron chi connectivity index (χ1n) is 5.83. The minimum Gasteiger partial charge on any atom is -0.298 e. The van der Waals surface area contributed by atoms with E-state index in [-0.39, 0.29) is 0 Å². The van der Waals surface area contributed by atoms with Gasteiger partial charge in [0.25, 0.3) is 0 Å². The summed E-state index contributed by atoms with van der Waals surface area (Å²) < 4.78 is 0. The summed E-state index contributed by atoms with van der Waals surface area (Å²) in [5, 5.41) is 0. The molecule has 2 rings (SSSR count). The van der Waals surface area contributed by atoms with E-state index in [0.717, 1.165) is 19.3 Å². The van der Waals surface area contributed by atoms with E-state index in [1.54, 1.807) is 0 Å². The highest BCUT2D eigenvalue weighted by Gasteiger charge is 2.04. The van der Waals surface area contributed by atoms with Gasteiger partial charge < -0.3 is 0 Å². The number of hydrogen-bond acceptors (Lipinski definition) is 1. The smallest absolute Gasteiger partial charge is 0.0432 e. The number of nitrogens with zero attached hydrogens (tertiary/aromatic N) is 1. The Bertz CT molecular complexity index is 386. The molecule has 1 nitrogen and oxygen atoms in total. The average Bonchev–Trinajstić information content (AvgIpc) is 2.40. The van der Waals surface area contributed by atoms with Crippen LogP contribution < -0.4 is 0 Å². The molecule has 0 saturated heterocycles. The summed E-state index contributed by atoms with van der Waals surface area (Å²) >= 11 is 0. The zero-order chi connectivity index (χ0) is 11.9. The summed E-state index contributed by atoms with van der Waals surface area (Å²) in [6, 6.07) is 21.1. The van der Waals surface area contributed by atoms with Gasteiger partial charge in [0.1, 0.15) is 0 Å². The van der Waals surface area contributed by atoms with Crippen LogP contribution in [0, 0.1) is 0 Å². The van der Waals surface area contributed by atoms with Crippen LogP contribution in [-0.4, -0.2) is 21.3 Å². The highest BCUT2D eigenvalue weighted by atomic mass is 28.1. The van der Waals surface area contributed by atoms with Gasteiger partial charge >= 0.3 is 0 Å². The molecule has 0 spiro atoms. The summed E-state index contributed by atoms with van der Waals surface area (Å²) in [7, 11) is 3.61. The molecule has 85 valence electrons. The highest BCUT2D eigenvalue weighted by Crippen LogP contribution is 2.08.